The summed E-state index contributed by atoms with van der Waals surface area (Å²) in [5.41, 5.74) is -3.64. The van der Waals surface area contributed by atoms with Crippen molar-refractivity contribution in [3.8, 4) is 11.1 Å². The predicted octanol–water partition coefficient (Wildman–Crippen LogP) is 15.2. The van der Waals surface area contributed by atoms with Gasteiger partial charge in [0.05, 0.1) is 29.0 Å². The first kappa shape index (κ1) is 27.5. The molecule has 0 N–H and O–H groups in total. The molecule has 2 bridgehead atoms. The van der Waals surface area contributed by atoms with Crippen LogP contribution in [-0.4, -0.2) is 6.71 Å². The number of benzene rings is 6. The van der Waals surface area contributed by atoms with E-state index in [9.17, 15) is 23.3 Å². The highest BCUT2D eigenvalue weighted by molar-refractivity contribution is 7.00. The average Bonchev–Trinajstić information content (AvgIpc) is 3.56. The fraction of sp³-hybridized carbons (Fsp3) is 0.410. The van der Waals surface area contributed by atoms with E-state index >= 15 is 0 Å². The molecule has 328 valence electrons. The molecule has 2 heterocycles. The fourth-order valence-electron chi connectivity index (χ4n) is 10.1. The lowest BCUT2D eigenvalue weighted by atomic mass is 9.33. The zero-order valence-corrected chi connectivity index (χ0v) is 39.9. The molecule has 0 atom stereocenters. The van der Waals surface area contributed by atoms with E-state index < -0.39 is 70.0 Å². The first-order chi connectivity index (χ1) is 37.3. The summed E-state index contributed by atoms with van der Waals surface area (Å²) in [6.07, 6.45) is 4.50. The number of nitrogens with zero attached hydrogens (tertiary/aromatic N) is 2. The molecule has 11 rings (SSSR count). The SMILES string of the molecule is [2H]c1c([2H])c(C23CCC(CC2)CC3)c([2H])c2c1B1c3c(cc(C)cc3N2c2c([2H])c([2H])c(C(C)(C)C)c([2H])c2-c2c([2H])c([2H])c(C(C)(C)C)c([2H])c2[2H])N(c2c([2H])c([2H])c(C(C)(C)C)c([2H])c2[2H])c2c([2H])c([2H])c(C(C)(C)C)c([2H])c21. The molecular formula is C61H71BN2. The molecule has 3 saturated carbocycles. The standard InChI is InChI=1S/C61H71BN2/c1-39-34-54-56-55(35-39)64(51-26-21-44(59(8,9)10)36-48(51)41-14-16-42(17-15-41)57(2,3)4)53-38-46(61-31-28-40(29-32-61)30-33-61)20-25-49(53)62(56)50-37-45(60(11,12)13)22-27-52(50)63(54)47-23-18-43(19-24-47)58(5,6)7/h14-27,34-38,40H,28-33H2,1-13H3/i14D,15D,16D,17D,18D,19D,20D,21D,22D,23D,24D,25D,26D,27D,36D,37D,38D. The van der Waals surface area contributed by atoms with E-state index in [1.54, 1.807) is 81.4 Å². The molecule has 5 aliphatic rings. The van der Waals surface area contributed by atoms with E-state index in [0.717, 1.165) is 19.3 Å². The summed E-state index contributed by atoms with van der Waals surface area (Å²) < 4.78 is 170. The van der Waals surface area contributed by atoms with Crippen LogP contribution in [-0.2, 0) is 27.1 Å². The highest BCUT2D eigenvalue weighted by Gasteiger charge is 2.47. The summed E-state index contributed by atoms with van der Waals surface area (Å²) in [5.74, 6) is 0.478. The van der Waals surface area contributed by atoms with Crippen LogP contribution >= 0.6 is 0 Å². The number of fused-ring (bicyclic) bond motifs is 7. The maximum Gasteiger partial charge on any atom is 0.252 e. The summed E-state index contributed by atoms with van der Waals surface area (Å²) in [7, 11) is 0. The molecule has 6 aromatic carbocycles. The van der Waals surface area contributed by atoms with Crippen molar-refractivity contribution in [1.82, 2.24) is 0 Å². The Morgan fingerprint density at radius 2 is 1.00 bits per heavy atom. The minimum atomic E-state index is -1.31. The van der Waals surface area contributed by atoms with Gasteiger partial charge >= 0.3 is 0 Å². The molecule has 2 nitrogen and oxygen atoms in total. The largest absolute Gasteiger partial charge is 0.311 e. The van der Waals surface area contributed by atoms with Crippen LogP contribution in [0.3, 0.4) is 0 Å². The highest BCUT2D eigenvalue weighted by atomic mass is 15.2. The van der Waals surface area contributed by atoms with Gasteiger partial charge in [0.25, 0.3) is 6.71 Å². The lowest BCUT2D eigenvalue weighted by Crippen LogP contribution is -2.61. The molecule has 0 spiro atoms. The predicted molar refractivity (Wildman–Crippen MR) is 278 cm³/mol. The number of rotatable bonds is 4. The van der Waals surface area contributed by atoms with Gasteiger partial charge in [-0.3, -0.25) is 0 Å². The lowest BCUT2D eigenvalue weighted by molar-refractivity contribution is 0.136. The second-order valence-electron chi connectivity index (χ2n) is 23.1. The summed E-state index contributed by atoms with van der Waals surface area (Å²) in [4.78, 5) is 2.94. The Bertz CT molecular complexity index is 3700. The van der Waals surface area contributed by atoms with E-state index in [0.29, 0.717) is 36.3 Å². The third-order valence-electron chi connectivity index (χ3n) is 14.1. The summed E-state index contributed by atoms with van der Waals surface area (Å²) in [6.45, 7) is 22.0. The molecule has 0 unspecified atom stereocenters. The van der Waals surface area contributed by atoms with Gasteiger partial charge < -0.3 is 9.80 Å². The molecule has 3 fully saturated rings. The monoisotopic (exact) mass is 860 g/mol. The van der Waals surface area contributed by atoms with Crippen LogP contribution in [0.2, 0.25) is 0 Å². The second-order valence-corrected chi connectivity index (χ2v) is 23.1. The molecule has 0 radical (unpaired) electrons. The van der Waals surface area contributed by atoms with E-state index in [2.05, 4.69) is 0 Å². The Balaban J connectivity index is 1.50. The summed E-state index contributed by atoms with van der Waals surface area (Å²) >= 11 is 0. The van der Waals surface area contributed by atoms with Gasteiger partial charge in [0.1, 0.15) is 0 Å². The Morgan fingerprint density at radius 3 is 1.56 bits per heavy atom. The molecule has 0 aromatic heterocycles. The number of anilines is 6. The molecule has 6 aromatic rings. The van der Waals surface area contributed by atoms with Crippen molar-refractivity contribution in [1.29, 1.82) is 0 Å². The van der Waals surface area contributed by atoms with Gasteiger partial charge in [-0.2, -0.15) is 0 Å². The van der Waals surface area contributed by atoms with Crippen molar-refractivity contribution in [3.63, 3.8) is 0 Å². The highest BCUT2D eigenvalue weighted by Crippen LogP contribution is 2.54. The summed E-state index contributed by atoms with van der Waals surface area (Å²) in [5, 5.41) is 0. The van der Waals surface area contributed by atoms with Crippen LogP contribution in [0.25, 0.3) is 11.1 Å². The van der Waals surface area contributed by atoms with E-state index in [1.807, 2.05) is 20.8 Å². The van der Waals surface area contributed by atoms with Gasteiger partial charge in [-0.1, -0.05) is 150 Å². The maximum atomic E-state index is 10.9. The van der Waals surface area contributed by atoms with Crippen molar-refractivity contribution in [2.45, 2.75) is 156 Å². The van der Waals surface area contributed by atoms with Crippen LogP contribution in [0.15, 0.2) is 115 Å². The molecule has 3 aliphatic carbocycles. The van der Waals surface area contributed by atoms with E-state index in [4.69, 9.17) is 0 Å². The smallest absolute Gasteiger partial charge is 0.252 e. The maximum absolute atomic E-state index is 10.9. The molecule has 2 aliphatic heterocycles. The van der Waals surface area contributed by atoms with Gasteiger partial charge in [0.2, 0.25) is 0 Å². The quantitative estimate of drug-likeness (QED) is 0.163. The van der Waals surface area contributed by atoms with Gasteiger partial charge in [-0.25, -0.2) is 0 Å². The van der Waals surface area contributed by atoms with Crippen molar-refractivity contribution < 1.29 is 23.3 Å². The van der Waals surface area contributed by atoms with Crippen LogP contribution in [0.5, 0.6) is 0 Å². The summed E-state index contributed by atoms with van der Waals surface area (Å²) in [6, 6.07) is -2.68. The molecule has 0 saturated heterocycles. The molecule has 3 heteroatoms. The Hall–Kier alpha value is -5.02. The molecular weight excluding hydrogens is 771 g/mol. The van der Waals surface area contributed by atoms with Crippen LogP contribution in [0, 0.1) is 12.8 Å². The first-order valence-electron chi connectivity index (χ1n) is 31.6. The van der Waals surface area contributed by atoms with Crippen molar-refractivity contribution >= 4 is 57.2 Å². The number of aryl methyl sites for hydroxylation is 1. The number of hydrogen-bond donors (Lipinski definition) is 0. The van der Waals surface area contributed by atoms with Gasteiger partial charge in [-0.05, 0) is 182 Å². The second kappa shape index (κ2) is 14.8. The Kier molecular flexibility index (Phi) is 6.33. The normalized spacial score (nSPS) is 23.1. The topological polar surface area (TPSA) is 6.48 Å². The van der Waals surface area contributed by atoms with E-state index in [-0.39, 0.29) is 150 Å². The van der Waals surface area contributed by atoms with Crippen molar-refractivity contribution in [3.05, 3.63) is 148 Å². The average molecular weight is 860 g/mol. The first-order valence-corrected chi connectivity index (χ1v) is 23.1. The third kappa shape index (κ3) is 7.16. The van der Waals surface area contributed by atoms with Crippen LogP contribution in [0.1, 0.15) is 178 Å². The zero-order chi connectivity index (χ0) is 60.1. The van der Waals surface area contributed by atoms with Crippen LogP contribution < -0.4 is 26.2 Å². The van der Waals surface area contributed by atoms with Crippen LogP contribution in [0.4, 0.5) is 34.1 Å². The van der Waals surface area contributed by atoms with Crippen molar-refractivity contribution in [2.24, 2.45) is 5.92 Å². The minimum absolute atomic E-state index is 0.00668. The van der Waals surface area contributed by atoms with Crippen molar-refractivity contribution in [2.75, 3.05) is 9.80 Å². The minimum Gasteiger partial charge on any atom is -0.311 e. The van der Waals surface area contributed by atoms with Gasteiger partial charge in [0, 0.05) is 34.0 Å². The van der Waals surface area contributed by atoms with E-state index in [1.165, 1.54) is 9.80 Å². The lowest BCUT2D eigenvalue weighted by Gasteiger charge is -2.48. The fourth-order valence-corrected chi connectivity index (χ4v) is 10.1. The molecule has 64 heavy (non-hydrogen) atoms. The number of hydrogen-bond acceptors (Lipinski definition) is 2. The third-order valence-corrected chi connectivity index (χ3v) is 14.1. The van der Waals surface area contributed by atoms with Gasteiger partial charge in [-0.15, -0.1) is 0 Å². The molecule has 0 amide bonds. The zero-order valence-electron chi connectivity index (χ0n) is 56.9. The Morgan fingerprint density at radius 1 is 0.500 bits per heavy atom. The van der Waals surface area contributed by atoms with Gasteiger partial charge in [0.15, 0.2) is 0 Å². The Labute approximate surface area is 410 Å².